The van der Waals surface area contributed by atoms with Crippen LogP contribution in [0.2, 0.25) is 0 Å². The molecule has 1 rings (SSSR count). The van der Waals surface area contributed by atoms with Gasteiger partial charge in [-0.3, -0.25) is 4.99 Å². The molecule has 0 N–H and O–H groups in total. The molecule has 1 nitrogen and oxygen atoms in total. The summed E-state index contributed by atoms with van der Waals surface area (Å²) < 4.78 is 14.2. The highest BCUT2D eigenvalue weighted by Gasteiger charge is 2.14. The summed E-state index contributed by atoms with van der Waals surface area (Å²) in [7, 11) is 0. The second-order valence-corrected chi connectivity index (χ2v) is 6.19. The highest BCUT2D eigenvalue weighted by Crippen LogP contribution is 2.33. The Bertz CT molecular complexity index is 516. The zero-order valence-electron chi connectivity index (χ0n) is 14.6. The molecule has 0 aliphatic rings. The van der Waals surface area contributed by atoms with Crippen molar-refractivity contribution in [3.05, 3.63) is 41.7 Å². The highest BCUT2D eigenvalue weighted by atomic mass is 19.1. The molecule has 122 valence electrons. The number of hydrogen-bond acceptors (Lipinski definition) is 1. The van der Waals surface area contributed by atoms with E-state index < -0.39 is 0 Å². The minimum absolute atomic E-state index is 0.221. The number of allylic oxidation sites excluding steroid dienone is 1. The number of hydrogen-bond donors (Lipinski definition) is 0. The first-order valence-corrected chi connectivity index (χ1v) is 8.48. The van der Waals surface area contributed by atoms with E-state index >= 15 is 0 Å². The molecule has 0 heterocycles. The second-order valence-electron chi connectivity index (χ2n) is 6.19. The summed E-state index contributed by atoms with van der Waals surface area (Å²) in [4.78, 5) is 4.60. The van der Waals surface area contributed by atoms with Gasteiger partial charge in [-0.15, -0.1) is 0 Å². The molecule has 0 fully saturated rings. The fraction of sp³-hybridized carbons (Fsp3) is 0.550. The molecule has 0 saturated heterocycles. The lowest BCUT2D eigenvalue weighted by Gasteiger charge is -2.16. The van der Waals surface area contributed by atoms with Gasteiger partial charge in [0.25, 0.3) is 0 Å². The number of benzene rings is 1. The zero-order valence-corrected chi connectivity index (χ0v) is 14.6. The molecule has 0 spiro atoms. The lowest BCUT2D eigenvalue weighted by molar-refractivity contribution is 0.622. The van der Waals surface area contributed by atoms with E-state index in [1.165, 1.54) is 24.5 Å². The molecule has 0 radical (unpaired) electrons. The summed E-state index contributed by atoms with van der Waals surface area (Å²) in [5.74, 6) is 0.0200. The van der Waals surface area contributed by atoms with E-state index in [0.29, 0.717) is 5.69 Å². The molecular formula is C20H30FN. The molecule has 0 aliphatic heterocycles. The van der Waals surface area contributed by atoms with Gasteiger partial charge in [0.05, 0.1) is 0 Å². The van der Waals surface area contributed by atoms with Crippen LogP contribution in [-0.2, 0) is 0 Å². The van der Waals surface area contributed by atoms with Gasteiger partial charge in [-0.05, 0) is 50.2 Å². The van der Waals surface area contributed by atoms with Gasteiger partial charge in [0.2, 0.25) is 0 Å². The van der Waals surface area contributed by atoms with Crippen LogP contribution in [0.25, 0.3) is 0 Å². The number of para-hydroxylation sites is 1. The third-order valence-electron chi connectivity index (χ3n) is 4.09. The highest BCUT2D eigenvalue weighted by molar-refractivity contribution is 5.85. The standard InChI is InChI=1S/C20H30FN/c1-6-8-9-11-17(5)22-20-18(12-10-13-19(20)21)16(4)14-15(3)7-2/h10,12-13,16H,3,6-9,11,14H2,1-2,4-5H3. The molecule has 2 heteroatoms. The third-order valence-corrected chi connectivity index (χ3v) is 4.09. The monoisotopic (exact) mass is 303 g/mol. The topological polar surface area (TPSA) is 12.4 Å². The van der Waals surface area contributed by atoms with Gasteiger partial charge in [0.1, 0.15) is 11.5 Å². The summed E-state index contributed by atoms with van der Waals surface area (Å²) in [5, 5.41) is 0. The van der Waals surface area contributed by atoms with Crippen molar-refractivity contribution in [1.29, 1.82) is 0 Å². The Hall–Kier alpha value is -1.44. The first-order valence-electron chi connectivity index (χ1n) is 8.48. The molecule has 0 saturated carbocycles. The van der Waals surface area contributed by atoms with Crippen molar-refractivity contribution in [2.75, 3.05) is 0 Å². The Kier molecular flexibility index (Phi) is 8.08. The van der Waals surface area contributed by atoms with Crippen molar-refractivity contribution < 1.29 is 4.39 Å². The number of nitrogens with zero attached hydrogens (tertiary/aromatic N) is 1. The molecule has 1 aromatic carbocycles. The Morgan fingerprint density at radius 1 is 1.27 bits per heavy atom. The molecule has 1 atom stereocenters. The van der Waals surface area contributed by atoms with Gasteiger partial charge in [-0.1, -0.05) is 57.9 Å². The molecular weight excluding hydrogens is 273 g/mol. The fourth-order valence-corrected chi connectivity index (χ4v) is 2.61. The first kappa shape index (κ1) is 18.6. The third kappa shape index (κ3) is 5.75. The van der Waals surface area contributed by atoms with Gasteiger partial charge >= 0.3 is 0 Å². The van der Waals surface area contributed by atoms with Gasteiger partial charge in [0.15, 0.2) is 0 Å². The number of unbranched alkanes of at least 4 members (excludes halogenated alkanes) is 2. The van der Waals surface area contributed by atoms with Crippen LogP contribution in [0.4, 0.5) is 10.1 Å². The van der Waals surface area contributed by atoms with Gasteiger partial charge < -0.3 is 0 Å². The van der Waals surface area contributed by atoms with Crippen LogP contribution < -0.4 is 0 Å². The molecule has 0 aliphatic carbocycles. The van der Waals surface area contributed by atoms with Gasteiger partial charge in [-0.2, -0.15) is 0 Å². The maximum atomic E-state index is 14.2. The molecule has 0 bridgehead atoms. The van der Waals surface area contributed by atoms with Gasteiger partial charge in [0, 0.05) is 5.71 Å². The van der Waals surface area contributed by atoms with Crippen LogP contribution in [0.5, 0.6) is 0 Å². The maximum absolute atomic E-state index is 14.2. The van der Waals surface area contributed by atoms with E-state index in [-0.39, 0.29) is 11.7 Å². The Morgan fingerprint density at radius 3 is 2.64 bits per heavy atom. The smallest absolute Gasteiger partial charge is 0.149 e. The van der Waals surface area contributed by atoms with Crippen LogP contribution in [-0.4, -0.2) is 5.71 Å². The maximum Gasteiger partial charge on any atom is 0.149 e. The lowest BCUT2D eigenvalue weighted by Crippen LogP contribution is -1.99. The predicted octanol–water partition coefficient (Wildman–Crippen LogP) is 6.96. The van der Waals surface area contributed by atoms with Crippen LogP contribution in [0, 0.1) is 5.82 Å². The average Bonchev–Trinajstić information content (AvgIpc) is 2.49. The van der Waals surface area contributed by atoms with Crippen molar-refractivity contribution in [3.63, 3.8) is 0 Å². The normalized spacial score (nSPS) is 13.2. The molecule has 1 unspecified atom stereocenters. The van der Waals surface area contributed by atoms with E-state index in [9.17, 15) is 4.39 Å². The molecule has 0 aromatic heterocycles. The van der Waals surface area contributed by atoms with Crippen molar-refractivity contribution >= 4 is 11.4 Å². The Labute approximate surface area is 135 Å². The second kappa shape index (κ2) is 9.55. The molecule has 1 aromatic rings. The van der Waals surface area contributed by atoms with Crippen LogP contribution in [0.3, 0.4) is 0 Å². The SMILES string of the molecule is C=C(CC)CC(C)c1cccc(F)c1N=C(C)CCCCC. The number of rotatable bonds is 9. The van der Waals surface area contributed by atoms with E-state index in [0.717, 1.165) is 37.0 Å². The quantitative estimate of drug-likeness (QED) is 0.266. The van der Waals surface area contributed by atoms with Crippen molar-refractivity contribution in [1.82, 2.24) is 0 Å². The lowest BCUT2D eigenvalue weighted by atomic mass is 9.92. The summed E-state index contributed by atoms with van der Waals surface area (Å²) in [6.07, 6.45) is 6.30. The minimum atomic E-state index is -0.221. The summed E-state index contributed by atoms with van der Waals surface area (Å²) in [6.45, 7) is 12.5. The Balaban J connectivity index is 2.98. The Morgan fingerprint density at radius 2 is 2.00 bits per heavy atom. The summed E-state index contributed by atoms with van der Waals surface area (Å²) in [5.41, 5.74) is 3.73. The van der Waals surface area contributed by atoms with E-state index in [1.807, 2.05) is 13.0 Å². The fourth-order valence-electron chi connectivity index (χ4n) is 2.61. The van der Waals surface area contributed by atoms with E-state index in [4.69, 9.17) is 0 Å². The zero-order chi connectivity index (χ0) is 16.5. The van der Waals surface area contributed by atoms with Crippen LogP contribution in [0.15, 0.2) is 35.3 Å². The summed E-state index contributed by atoms with van der Waals surface area (Å²) >= 11 is 0. The number of halogens is 1. The largest absolute Gasteiger partial charge is 0.255 e. The van der Waals surface area contributed by atoms with Gasteiger partial charge in [-0.25, -0.2) is 4.39 Å². The van der Waals surface area contributed by atoms with Crippen molar-refractivity contribution in [2.45, 2.75) is 72.1 Å². The number of aliphatic imine (C=N–C) groups is 1. The van der Waals surface area contributed by atoms with Crippen LogP contribution >= 0.6 is 0 Å². The van der Waals surface area contributed by atoms with Crippen molar-refractivity contribution in [2.24, 2.45) is 4.99 Å². The molecule has 22 heavy (non-hydrogen) atoms. The minimum Gasteiger partial charge on any atom is -0.255 e. The molecule has 0 amide bonds. The first-order chi connectivity index (χ1) is 10.5. The van der Waals surface area contributed by atoms with E-state index in [1.54, 1.807) is 6.07 Å². The predicted molar refractivity (Wildman–Crippen MR) is 95.8 cm³/mol. The van der Waals surface area contributed by atoms with E-state index in [2.05, 4.69) is 32.3 Å². The summed E-state index contributed by atoms with van der Waals surface area (Å²) in [6, 6.07) is 5.28. The van der Waals surface area contributed by atoms with Crippen molar-refractivity contribution in [3.8, 4) is 0 Å². The average molecular weight is 303 g/mol. The van der Waals surface area contributed by atoms with Crippen LogP contribution in [0.1, 0.15) is 77.7 Å².